The van der Waals surface area contributed by atoms with Gasteiger partial charge >= 0.3 is 0 Å². The van der Waals surface area contributed by atoms with Gasteiger partial charge in [-0.1, -0.05) is 33.8 Å². The topological polar surface area (TPSA) is 165 Å². The largest absolute Gasteiger partial charge is 0.357 e. The number of nitro groups is 1. The van der Waals surface area contributed by atoms with Gasteiger partial charge < -0.3 is 15.2 Å². The van der Waals surface area contributed by atoms with Crippen LogP contribution in [0.1, 0.15) is 61.3 Å². The van der Waals surface area contributed by atoms with Crippen LogP contribution in [0.15, 0.2) is 18.2 Å². The van der Waals surface area contributed by atoms with E-state index in [0.717, 1.165) is 13.2 Å². The zero-order valence-electron chi connectivity index (χ0n) is 22.0. The molecule has 1 heterocycles. The number of fused-ring (bicyclic) bond motifs is 1. The normalized spacial score (nSPS) is 16.4. The first kappa shape index (κ1) is 30.1. The first-order chi connectivity index (χ1) is 17.2. The number of hydrogen-bond donors (Lipinski definition) is 2. The first-order valence-corrected chi connectivity index (χ1v) is 14.0. The van der Waals surface area contributed by atoms with Crippen molar-refractivity contribution in [3.8, 4) is 0 Å². The van der Waals surface area contributed by atoms with Crippen LogP contribution in [0, 0.1) is 27.9 Å². The van der Waals surface area contributed by atoms with Crippen LogP contribution >= 0.6 is 7.37 Å². The minimum absolute atomic E-state index is 0.0200. The molecular weight excluding hydrogens is 503 g/mol. The number of likely N-dealkylation sites (N-methyl/N-ethyl adjacent to an activating group) is 1. The Hall–Kier alpha value is -3.11. The van der Waals surface area contributed by atoms with Gasteiger partial charge in [-0.05, 0) is 30.7 Å². The Morgan fingerprint density at radius 2 is 1.70 bits per heavy atom. The van der Waals surface area contributed by atoms with E-state index in [-0.39, 0.29) is 35.0 Å². The molecule has 1 aromatic carbocycles. The van der Waals surface area contributed by atoms with Crippen LogP contribution in [0.25, 0.3) is 0 Å². The van der Waals surface area contributed by atoms with Gasteiger partial charge in [-0.25, -0.2) is 0 Å². The second kappa shape index (κ2) is 12.4. The quantitative estimate of drug-likeness (QED) is 0.167. The Bertz CT molecular complexity index is 1120. The van der Waals surface area contributed by atoms with E-state index >= 15 is 0 Å². The van der Waals surface area contributed by atoms with E-state index in [9.17, 15) is 33.9 Å². The van der Waals surface area contributed by atoms with Crippen LogP contribution in [0.5, 0.6) is 0 Å². The van der Waals surface area contributed by atoms with E-state index in [1.807, 2.05) is 27.7 Å². The van der Waals surface area contributed by atoms with Crippen LogP contribution in [0.4, 0.5) is 5.69 Å². The van der Waals surface area contributed by atoms with Gasteiger partial charge in [0.2, 0.25) is 19.2 Å². The number of hydrogen-bond acceptors (Lipinski definition) is 8. The fourth-order valence-corrected chi connectivity index (χ4v) is 6.39. The number of nitro benzene ring substituents is 1. The predicted octanol–water partition coefficient (Wildman–Crippen LogP) is 3.01. The molecule has 0 spiro atoms. The van der Waals surface area contributed by atoms with Crippen molar-refractivity contribution in [2.24, 2.45) is 17.8 Å². The summed E-state index contributed by atoms with van der Waals surface area (Å²) in [4.78, 5) is 62.8. The summed E-state index contributed by atoms with van der Waals surface area (Å²) < 4.78 is 19.1. The van der Waals surface area contributed by atoms with Crippen molar-refractivity contribution in [2.45, 2.75) is 46.6 Å². The zero-order chi connectivity index (χ0) is 28.1. The number of carbonyl (C=O) groups excluding carboxylic acids is 4. The Labute approximate surface area is 216 Å². The molecule has 0 saturated heterocycles. The molecule has 0 bridgehead atoms. The fourth-order valence-electron chi connectivity index (χ4n) is 4.34. The molecule has 3 atom stereocenters. The summed E-state index contributed by atoms with van der Waals surface area (Å²) in [5.41, 5.74) is -1.03. The molecule has 1 aromatic rings. The fraction of sp³-hybridized carbons (Fsp3) is 0.583. The lowest BCUT2D eigenvalue weighted by atomic mass is 9.96. The summed E-state index contributed by atoms with van der Waals surface area (Å²) in [6.45, 7) is 7.59. The summed E-state index contributed by atoms with van der Waals surface area (Å²) in [6.07, 6.45) is -0.213. The lowest BCUT2D eigenvalue weighted by Crippen LogP contribution is -2.49. The molecule has 12 nitrogen and oxygen atoms in total. The maximum absolute atomic E-state index is 13.8. The number of nitrogens with one attached hydrogen (secondary N) is 2. The van der Waals surface area contributed by atoms with Crippen molar-refractivity contribution in [3.63, 3.8) is 0 Å². The number of nitrogens with zero attached hydrogens (tertiary/aromatic N) is 2. The summed E-state index contributed by atoms with van der Waals surface area (Å²) in [6, 6.07) is 2.92. The van der Waals surface area contributed by atoms with E-state index in [4.69, 9.17) is 4.52 Å². The van der Waals surface area contributed by atoms with Gasteiger partial charge in [-0.15, -0.1) is 0 Å². The second-order valence-corrected chi connectivity index (χ2v) is 12.6. The molecule has 1 aliphatic rings. The lowest BCUT2D eigenvalue weighted by molar-refractivity contribution is -0.385. The number of carbonyl (C=O) groups is 4. The van der Waals surface area contributed by atoms with Crippen molar-refractivity contribution in [3.05, 3.63) is 39.4 Å². The van der Waals surface area contributed by atoms with Gasteiger partial charge in [-0.3, -0.25) is 38.8 Å². The van der Waals surface area contributed by atoms with Gasteiger partial charge in [0, 0.05) is 32.3 Å². The summed E-state index contributed by atoms with van der Waals surface area (Å²) in [7, 11) is -1.17. The monoisotopic (exact) mass is 538 g/mol. The Morgan fingerprint density at radius 3 is 2.22 bits per heavy atom. The smallest absolute Gasteiger partial charge is 0.282 e. The van der Waals surface area contributed by atoms with Gasteiger partial charge in [0.15, 0.2) is 0 Å². The van der Waals surface area contributed by atoms with Crippen LogP contribution in [0.3, 0.4) is 0 Å². The highest BCUT2D eigenvalue weighted by Crippen LogP contribution is 2.50. The third-order valence-corrected chi connectivity index (χ3v) is 8.45. The number of imide groups is 1. The number of benzene rings is 1. The Kier molecular flexibility index (Phi) is 10.1. The van der Waals surface area contributed by atoms with Crippen molar-refractivity contribution in [1.29, 1.82) is 0 Å². The average Bonchev–Trinajstić information content (AvgIpc) is 3.06. The van der Waals surface area contributed by atoms with Gasteiger partial charge in [0.1, 0.15) is 17.9 Å². The number of rotatable bonds is 13. The highest BCUT2D eigenvalue weighted by Gasteiger charge is 2.45. The van der Waals surface area contributed by atoms with Crippen LogP contribution in [-0.4, -0.2) is 66.1 Å². The summed E-state index contributed by atoms with van der Waals surface area (Å²) in [5, 5.41) is 16.7. The Morgan fingerprint density at radius 1 is 1.08 bits per heavy atom. The molecule has 0 saturated carbocycles. The average molecular weight is 539 g/mol. The van der Waals surface area contributed by atoms with Crippen molar-refractivity contribution < 1.29 is 33.2 Å². The molecule has 204 valence electrons. The minimum atomic E-state index is -3.81. The molecule has 1 aliphatic heterocycles. The van der Waals surface area contributed by atoms with Gasteiger partial charge in [-0.2, -0.15) is 0 Å². The van der Waals surface area contributed by atoms with Crippen molar-refractivity contribution in [1.82, 2.24) is 15.5 Å². The van der Waals surface area contributed by atoms with E-state index in [1.54, 1.807) is 0 Å². The maximum Gasteiger partial charge on any atom is 0.282 e. The van der Waals surface area contributed by atoms with Crippen LogP contribution < -0.4 is 10.6 Å². The Balaban J connectivity index is 2.31. The standard InChI is InChI=1S/C24H35N4O8P/c1-14(2)10-16(21(29)26-18(11-15(3)4)22(30)25-5)12-37(35,36-6)13-27-23(31)17-8-7-9-19(28(33)34)20(17)24(27)32/h7-9,14-16,18H,10-13H2,1-6H3,(H,25,30)(H,26,29). The molecule has 0 fully saturated rings. The summed E-state index contributed by atoms with van der Waals surface area (Å²) >= 11 is 0. The molecule has 0 radical (unpaired) electrons. The van der Waals surface area contributed by atoms with Gasteiger partial charge in [0.25, 0.3) is 17.5 Å². The third kappa shape index (κ3) is 7.23. The molecule has 3 unspecified atom stereocenters. The molecule has 4 amide bonds. The van der Waals surface area contributed by atoms with Gasteiger partial charge in [0.05, 0.1) is 10.5 Å². The van der Waals surface area contributed by atoms with E-state index in [0.29, 0.717) is 17.7 Å². The SMILES string of the molecule is CNC(=O)C(CC(C)C)NC(=O)C(CC(C)C)CP(=O)(CN1C(=O)c2cccc([N+](=O)[O-])c2C1=O)OC. The zero-order valence-corrected chi connectivity index (χ0v) is 22.9. The van der Waals surface area contributed by atoms with E-state index < -0.39 is 53.9 Å². The molecule has 13 heteroatoms. The molecular formula is C24H35N4O8P. The first-order valence-electron chi connectivity index (χ1n) is 12.0. The molecule has 37 heavy (non-hydrogen) atoms. The molecule has 2 rings (SSSR count). The minimum Gasteiger partial charge on any atom is -0.357 e. The molecule has 0 aliphatic carbocycles. The number of amides is 4. The van der Waals surface area contributed by atoms with Crippen LogP contribution in [-0.2, 0) is 18.7 Å². The third-order valence-electron chi connectivity index (χ3n) is 6.08. The predicted molar refractivity (Wildman–Crippen MR) is 136 cm³/mol. The summed E-state index contributed by atoms with van der Waals surface area (Å²) in [5.74, 6) is -3.30. The van der Waals surface area contributed by atoms with Crippen molar-refractivity contribution in [2.75, 3.05) is 26.6 Å². The second-order valence-electron chi connectivity index (χ2n) is 9.95. The lowest BCUT2D eigenvalue weighted by Gasteiger charge is -2.28. The van der Waals surface area contributed by atoms with E-state index in [1.165, 1.54) is 19.2 Å². The van der Waals surface area contributed by atoms with E-state index in [2.05, 4.69) is 10.6 Å². The molecule has 2 N–H and O–H groups in total. The highest BCUT2D eigenvalue weighted by molar-refractivity contribution is 7.59. The highest BCUT2D eigenvalue weighted by atomic mass is 31.2. The van der Waals surface area contributed by atoms with Crippen LogP contribution in [0.2, 0.25) is 0 Å². The molecule has 0 aromatic heterocycles. The van der Waals surface area contributed by atoms with Crippen molar-refractivity contribution >= 4 is 36.7 Å². The maximum atomic E-state index is 13.8.